The Morgan fingerprint density at radius 1 is 1.69 bits per heavy atom. The Hall–Kier alpha value is -0.920. The van der Waals surface area contributed by atoms with Gasteiger partial charge < -0.3 is 10.0 Å². The third kappa shape index (κ3) is 3.58. The van der Waals surface area contributed by atoms with Crippen LogP contribution in [-0.4, -0.2) is 34.8 Å². The van der Waals surface area contributed by atoms with Gasteiger partial charge in [0.2, 0.25) is 5.95 Å². The average Bonchev–Trinajstić information content (AvgIpc) is 2.26. The van der Waals surface area contributed by atoms with E-state index in [0.717, 1.165) is 10.3 Å². The molecule has 0 saturated carbocycles. The fraction of sp³-hybridized carbons (Fsp3) is 0.556. The lowest BCUT2D eigenvalue weighted by atomic mass is 10.3. The molecule has 0 spiro atoms. The Balaban J connectivity index is 2.76. The molecule has 0 aromatic carbocycles. The molecular formula is C9H16BrN5O. The van der Waals surface area contributed by atoms with Gasteiger partial charge in [0.05, 0.1) is 10.6 Å². The second-order valence-corrected chi connectivity index (χ2v) is 4.42. The van der Waals surface area contributed by atoms with Crippen LogP contribution in [0.15, 0.2) is 10.7 Å². The topological polar surface area (TPSA) is 87.3 Å². The molecule has 0 bridgehead atoms. The highest BCUT2D eigenvalue weighted by Gasteiger charge is 2.10. The van der Waals surface area contributed by atoms with E-state index in [1.54, 1.807) is 13.1 Å². The fourth-order valence-electron chi connectivity index (χ4n) is 1.18. The molecule has 1 aromatic rings. The van der Waals surface area contributed by atoms with Crippen LogP contribution in [0.2, 0.25) is 0 Å². The van der Waals surface area contributed by atoms with Crippen LogP contribution >= 0.6 is 15.9 Å². The number of aromatic nitrogens is 2. The first-order valence-corrected chi connectivity index (χ1v) is 5.72. The zero-order valence-electron chi connectivity index (χ0n) is 9.31. The van der Waals surface area contributed by atoms with Crippen molar-refractivity contribution >= 4 is 27.7 Å². The van der Waals surface area contributed by atoms with Gasteiger partial charge in [-0.05, 0) is 29.3 Å². The number of halogens is 1. The third-order valence-electron chi connectivity index (χ3n) is 2.10. The van der Waals surface area contributed by atoms with E-state index in [2.05, 4.69) is 31.3 Å². The van der Waals surface area contributed by atoms with E-state index >= 15 is 0 Å². The molecule has 90 valence electrons. The minimum Gasteiger partial charge on any atom is -0.393 e. The van der Waals surface area contributed by atoms with Crippen LogP contribution in [0.4, 0.5) is 11.8 Å². The molecule has 0 aliphatic rings. The van der Waals surface area contributed by atoms with Crippen molar-refractivity contribution in [2.24, 2.45) is 5.84 Å². The van der Waals surface area contributed by atoms with E-state index in [0.29, 0.717) is 18.9 Å². The number of aliphatic hydroxyl groups is 1. The van der Waals surface area contributed by atoms with Gasteiger partial charge in [-0.15, -0.1) is 0 Å². The molecule has 4 N–H and O–H groups in total. The number of nitrogen functional groups attached to an aromatic ring is 1. The third-order valence-corrected chi connectivity index (χ3v) is 2.66. The maximum absolute atomic E-state index is 9.21. The van der Waals surface area contributed by atoms with Gasteiger partial charge in [0.15, 0.2) is 0 Å². The van der Waals surface area contributed by atoms with Crippen molar-refractivity contribution in [3.8, 4) is 0 Å². The highest BCUT2D eigenvalue weighted by molar-refractivity contribution is 9.10. The molecular weight excluding hydrogens is 274 g/mol. The lowest BCUT2D eigenvalue weighted by molar-refractivity contribution is 0.187. The number of hydrogen-bond acceptors (Lipinski definition) is 6. The summed E-state index contributed by atoms with van der Waals surface area (Å²) in [5.41, 5.74) is 2.40. The van der Waals surface area contributed by atoms with Crippen molar-refractivity contribution in [2.75, 3.05) is 23.9 Å². The quantitative estimate of drug-likeness (QED) is 0.547. The summed E-state index contributed by atoms with van der Waals surface area (Å²) >= 11 is 3.37. The molecule has 1 heterocycles. The van der Waals surface area contributed by atoms with Crippen molar-refractivity contribution in [3.05, 3.63) is 10.7 Å². The Bertz CT molecular complexity index is 347. The van der Waals surface area contributed by atoms with E-state index < -0.39 is 0 Å². The Labute approximate surface area is 103 Å². The first-order valence-electron chi connectivity index (χ1n) is 4.93. The zero-order valence-corrected chi connectivity index (χ0v) is 10.9. The number of hydrogen-bond donors (Lipinski definition) is 3. The molecule has 1 unspecified atom stereocenters. The molecule has 0 saturated heterocycles. The Morgan fingerprint density at radius 2 is 2.38 bits per heavy atom. The smallest absolute Gasteiger partial charge is 0.239 e. The summed E-state index contributed by atoms with van der Waals surface area (Å²) in [6, 6.07) is 0. The summed E-state index contributed by atoms with van der Waals surface area (Å²) in [5, 5.41) is 9.21. The predicted molar refractivity (Wildman–Crippen MR) is 67.1 cm³/mol. The summed E-state index contributed by atoms with van der Waals surface area (Å²) in [5.74, 6) is 6.34. The maximum atomic E-state index is 9.21. The van der Waals surface area contributed by atoms with Crippen LogP contribution < -0.4 is 16.2 Å². The lowest BCUT2D eigenvalue weighted by Gasteiger charge is -2.20. The summed E-state index contributed by atoms with van der Waals surface area (Å²) in [6.45, 7) is 2.47. The van der Waals surface area contributed by atoms with Crippen LogP contribution in [0.3, 0.4) is 0 Å². The van der Waals surface area contributed by atoms with Crippen molar-refractivity contribution in [1.29, 1.82) is 0 Å². The fourth-order valence-corrected chi connectivity index (χ4v) is 1.68. The predicted octanol–water partition coefficient (Wildman–Crippen LogP) is 0.732. The summed E-state index contributed by atoms with van der Waals surface area (Å²) < 4.78 is 0.791. The van der Waals surface area contributed by atoms with Gasteiger partial charge >= 0.3 is 0 Å². The molecule has 1 rings (SSSR count). The SMILES string of the molecule is CC(O)CCN(C)c1nc(NN)ncc1Br. The van der Waals surface area contributed by atoms with Gasteiger partial charge in [-0.2, -0.15) is 4.98 Å². The van der Waals surface area contributed by atoms with Gasteiger partial charge in [-0.3, -0.25) is 5.43 Å². The molecule has 7 heteroatoms. The van der Waals surface area contributed by atoms with Crippen LogP contribution in [0, 0.1) is 0 Å². The van der Waals surface area contributed by atoms with Gasteiger partial charge in [0, 0.05) is 19.8 Å². The molecule has 1 atom stereocenters. The molecule has 0 aliphatic carbocycles. The molecule has 0 radical (unpaired) electrons. The minimum absolute atomic E-state index is 0.324. The standard InChI is InChI=1S/C9H16BrN5O/c1-6(16)3-4-15(2)8-7(10)5-12-9(13-8)14-11/h5-6,16H,3-4,11H2,1-2H3,(H,12,13,14). The molecule has 6 nitrogen and oxygen atoms in total. The van der Waals surface area contributed by atoms with Crippen molar-refractivity contribution in [1.82, 2.24) is 9.97 Å². The number of anilines is 2. The first kappa shape index (κ1) is 13.1. The number of nitrogens with one attached hydrogen (secondary N) is 1. The normalized spacial score (nSPS) is 12.3. The first-order chi connectivity index (χ1) is 7.54. The molecule has 16 heavy (non-hydrogen) atoms. The zero-order chi connectivity index (χ0) is 12.1. The minimum atomic E-state index is -0.324. The Morgan fingerprint density at radius 3 is 2.94 bits per heavy atom. The number of rotatable bonds is 5. The van der Waals surface area contributed by atoms with E-state index in [1.807, 2.05) is 11.9 Å². The van der Waals surface area contributed by atoms with Crippen molar-refractivity contribution in [2.45, 2.75) is 19.4 Å². The molecule has 1 aromatic heterocycles. The van der Waals surface area contributed by atoms with E-state index in [1.165, 1.54) is 0 Å². The van der Waals surface area contributed by atoms with Crippen molar-refractivity contribution < 1.29 is 5.11 Å². The van der Waals surface area contributed by atoms with E-state index in [9.17, 15) is 5.11 Å². The molecule has 0 fully saturated rings. The lowest BCUT2D eigenvalue weighted by Crippen LogP contribution is -2.24. The second-order valence-electron chi connectivity index (χ2n) is 3.57. The van der Waals surface area contributed by atoms with E-state index in [-0.39, 0.29) is 6.10 Å². The highest BCUT2D eigenvalue weighted by atomic mass is 79.9. The largest absolute Gasteiger partial charge is 0.393 e. The van der Waals surface area contributed by atoms with Crippen LogP contribution in [-0.2, 0) is 0 Å². The van der Waals surface area contributed by atoms with Gasteiger partial charge in [0.1, 0.15) is 5.82 Å². The number of hydrazine groups is 1. The average molecular weight is 290 g/mol. The number of aliphatic hydroxyl groups excluding tert-OH is 1. The number of nitrogens with zero attached hydrogens (tertiary/aromatic N) is 3. The van der Waals surface area contributed by atoms with Crippen LogP contribution in [0.5, 0.6) is 0 Å². The van der Waals surface area contributed by atoms with Gasteiger partial charge in [-0.25, -0.2) is 10.8 Å². The summed E-state index contributed by atoms with van der Waals surface area (Å²) in [7, 11) is 1.90. The molecule has 0 aliphatic heterocycles. The summed E-state index contributed by atoms with van der Waals surface area (Å²) in [6.07, 6.45) is 1.99. The highest BCUT2D eigenvalue weighted by Crippen LogP contribution is 2.23. The van der Waals surface area contributed by atoms with Gasteiger partial charge in [0.25, 0.3) is 0 Å². The maximum Gasteiger partial charge on any atom is 0.239 e. The Kier molecular flexibility index (Phi) is 4.91. The monoisotopic (exact) mass is 289 g/mol. The van der Waals surface area contributed by atoms with Crippen LogP contribution in [0.25, 0.3) is 0 Å². The van der Waals surface area contributed by atoms with Crippen LogP contribution in [0.1, 0.15) is 13.3 Å². The molecule has 0 amide bonds. The van der Waals surface area contributed by atoms with Crippen molar-refractivity contribution in [3.63, 3.8) is 0 Å². The second kappa shape index (κ2) is 5.97. The van der Waals surface area contributed by atoms with E-state index in [4.69, 9.17) is 5.84 Å². The number of nitrogens with two attached hydrogens (primary N) is 1. The van der Waals surface area contributed by atoms with Gasteiger partial charge in [-0.1, -0.05) is 0 Å². The summed E-state index contributed by atoms with van der Waals surface area (Å²) in [4.78, 5) is 10.1.